The van der Waals surface area contributed by atoms with Crippen LogP contribution in [0.2, 0.25) is 0 Å². The second-order valence-electron chi connectivity index (χ2n) is 6.12. The SMILES string of the molecule is CCC1CCCC(NCc2ccccc2)(C(=O)OC)CC1. The molecule has 0 aliphatic heterocycles. The van der Waals surface area contributed by atoms with Gasteiger partial charge in [0.2, 0.25) is 0 Å². The molecular weight excluding hydrogens is 262 g/mol. The maximum Gasteiger partial charge on any atom is 0.326 e. The summed E-state index contributed by atoms with van der Waals surface area (Å²) in [7, 11) is 1.50. The van der Waals surface area contributed by atoms with Crippen molar-refractivity contribution in [2.75, 3.05) is 7.11 Å². The van der Waals surface area contributed by atoms with Gasteiger partial charge < -0.3 is 4.74 Å². The number of benzene rings is 1. The Hall–Kier alpha value is -1.35. The molecule has 21 heavy (non-hydrogen) atoms. The lowest BCUT2D eigenvalue weighted by molar-refractivity contribution is -0.149. The maximum atomic E-state index is 12.4. The molecule has 2 rings (SSSR count). The van der Waals surface area contributed by atoms with Crippen molar-refractivity contribution in [3.05, 3.63) is 35.9 Å². The zero-order chi connectivity index (χ0) is 15.1. The Kier molecular flexibility index (Phi) is 5.80. The Morgan fingerprint density at radius 1 is 1.29 bits per heavy atom. The van der Waals surface area contributed by atoms with Gasteiger partial charge in [-0.2, -0.15) is 0 Å². The molecule has 1 aliphatic carbocycles. The number of methoxy groups -OCH3 is 1. The third kappa shape index (κ3) is 4.07. The van der Waals surface area contributed by atoms with Crippen LogP contribution < -0.4 is 5.32 Å². The van der Waals surface area contributed by atoms with E-state index in [0.717, 1.165) is 31.6 Å². The third-order valence-corrected chi connectivity index (χ3v) is 4.82. The highest BCUT2D eigenvalue weighted by atomic mass is 16.5. The first-order valence-electron chi connectivity index (χ1n) is 8.07. The highest BCUT2D eigenvalue weighted by Gasteiger charge is 2.40. The van der Waals surface area contributed by atoms with E-state index >= 15 is 0 Å². The molecule has 1 aromatic rings. The monoisotopic (exact) mass is 289 g/mol. The molecule has 1 fully saturated rings. The van der Waals surface area contributed by atoms with Crippen molar-refractivity contribution < 1.29 is 9.53 Å². The van der Waals surface area contributed by atoms with Gasteiger partial charge in [0.05, 0.1) is 7.11 Å². The highest BCUT2D eigenvalue weighted by molar-refractivity contribution is 5.80. The van der Waals surface area contributed by atoms with E-state index < -0.39 is 5.54 Å². The predicted molar refractivity (Wildman–Crippen MR) is 84.9 cm³/mol. The summed E-state index contributed by atoms with van der Waals surface area (Å²) >= 11 is 0. The minimum absolute atomic E-state index is 0.102. The average Bonchev–Trinajstić information content (AvgIpc) is 2.76. The average molecular weight is 289 g/mol. The molecule has 0 heterocycles. The van der Waals surface area contributed by atoms with Crippen LogP contribution in [0.25, 0.3) is 0 Å². The maximum absolute atomic E-state index is 12.4. The van der Waals surface area contributed by atoms with E-state index in [0.29, 0.717) is 6.54 Å². The van der Waals surface area contributed by atoms with Crippen LogP contribution >= 0.6 is 0 Å². The second-order valence-corrected chi connectivity index (χ2v) is 6.12. The molecule has 1 saturated carbocycles. The van der Waals surface area contributed by atoms with E-state index in [1.54, 1.807) is 0 Å². The van der Waals surface area contributed by atoms with Crippen molar-refractivity contribution in [1.29, 1.82) is 0 Å². The van der Waals surface area contributed by atoms with E-state index in [9.17, 15) is 4.79 Å². The van der Waals surface area contributed by atoms with Crippen LogP contribution in [0, 0.1) is 5.92 Å². The Balaban J connectivity index is 2.08. The van der Waals surface area contributed by atoms with Crippen molar-refractivity contribution >= 4 is 5.97 Å². The molecular formula is C18H27NO2. The molecule has 1 N–H and O–H groups in total. The number of rotatable bonds is 5. The molecule has 3 nitrogen and oxygen atoms in total. The number of esters is 1. The van der Waals surface area contributed by atoms with Crippen molar-refractivity contribution in [1.82, 2.24) is 5.32 Å². The fraction of sp³-hybridized carbons (Fsp3) is 0.611. The van der Waals surface area contributed by atoms with Gasteiger partial charge in [-0.3, -0.25) is 10.1 Å². The van der Waals surface area contributed by atoms with E-state index in [4.69, 9.17) is 4.74 Å². The number of ether oxygens (including phenoxy) is 1. The Morgan fingerprint density at radius 2 is 2.05 bits per heavy atom. The first-order valence-corrected chi connectivity index (χ1v) is 8.07. The lowest BCUT2D eigenvalue weighted by Crippen LogP contribution is -2.52. The third-order valence-electron chi connectivity index (χ3n) is 4.82. The topological polar surface area (TPSA) is 38.3 Å². The standard InChI is InChI=1S/C18H27NO2/c1-3-15-10-7-12-18(13-11-15,17(20)21-2)19-14-16-8-5-4-6-9-16/h4-6,8-9,15,19H,3,7,10-14H2,1-2H3. The first-order chi connectivity index (χ1) is 10.2. The predicted octanol–water partition coefficient (Wildman–Crippen LogP) is 3.68. The summed E-state index contributed by atoms with van der Waals surface area (Å²) in [6.07, 6.45) is 6.38. The van der Waals surface area contributed by atoms with Crippen LogP contribution in [0.5, 0.6) is 0 Å². The van der Waals surface area contributed by atoms with Crippen LogP contribution in [-0.4, -0.2) is 18.6 Å². The van der Waals surface area contributed by atoms with Crippen molar-refractivity contribution in [2.45, 2.75) is 57.5 Å². The number of nitrogens with one attached hydrogen (secondary N) is 1. The van der Waals surface area contributed by atoms with E-state index in [2.05, 4.69) is 24.4 Å². The molecule has 0 amide bonds. The van der Waals surface area contributed by atoms with Crippen LogP contribution in [-0.2, 0) is 16.1 Å². The molecule has 1 aromatic carbocycles. The largest absolute Gasteiger partial charge is 0.468 e. The first kappa shape index (κ1) is 16.0. The van der Waals surface area contributed by atoms with Gasteiger partial charge in [0, 0.05) is 6.54 Å². The number of hydrogen-bond donors (Lipinski definition) is 1. The quantitative estimate of drug-likeness (QED) is 0.664. The number of carbonyl (C=O) groups is 1. The summed E-state index contributed by atoms with van der Waals surface area (Å²) in [6.45, 7) is 2.96. The molecule has 0 aromatic heterocycles. The number of carbonyl (C=O) groups excluding carboxylic acids is 1. The summed E-state index contributed by atoms with van der Waals surface area (Å²) in [6, 6.07) is 10.2. The number of hydrogen-bond acceptors (Lipinski definition) is 3. The highest BCUT2D eigenvalue weighted by Crippen LogP contribution is 2.33. The van der Waals surface area contributed by atoms with Gasteiger partial charge in [0.25, 0.3) is 0 Å². The molecule has 0 radical (unpaired) electrons. The van der Waals surface area contributed by atoms with Crippen LogP contribution in [0.15, 0.2) is 30.3 Å². The summed E-state index contributed by atoms with van der Waals surface area (Å²) in [5, 5.41) is 3.51. The summed E-state index contributed by atoms with van der Waals surface area (Å²) in [5.74, 6) is 0.644. The van der Waals surface area contributed by atoms with Gasteiger partial charge in [-0.1, -0.05) is 56.5 Å². The summed E-state index contributed by atoms with van der Waals surface area (Å²) in [4.78, 5) is 12.4. The van der Waals surface area contributed by atoms with Gasteiger partial charge in [-0.15, -0.1) is 0 Å². The molecule has 3 heteroatoms. The fourth-order valence-electron chi connectivity index (χ4n) is 3.34. The summed E-state index contributed by atoms with van der Waals surface area (Å²) in [5.41, 5.74) is 0.700. The Morgan fingerprint density at radius 3 is 2.71 bits per heavy atom. The van der Waals surface area contributed by atoms with Gasteiger partial charge in [0.15, 0.2) is 0 Å². The minimum atomic E-state index is -0.505. The van der Waals surface area contributed by atoms with Crippen molar-refractivity contribution in [3.63, 3.8) is 0 Å². The van der Waals surface area contributed by atoms with Gasteiger partial charge in [-0.05, 0) is 30.7 Å². The fourth-order valence-corrected chi connectivity index (χ4v) is 3.34. The lowest BCUT2D eigenvalue weighted by atomic mass is 9.89. The van der Waals surface area contributed by atoms with Crippen LogP contribution in [0.3, 0.4) is 0 Å². The van der Waals surface area contributed by atoms with E-state index in [-0.39, 0.29) is 5.97 Å². The van der Waals surface area contributed by atoms with Crippen LogP contribution in [0.1, 0.15) is 51.0 Å². The Bertz CT molecular complexity index is 446. The smallest absolute Gasteiger partial charge is 0.326 e. The van der Waals surface area contributed by atoms with Crippen molar-refractivity contribution in [2.24, 2.45) is 5.92 Å². The van der Waals surface area contributed by atoms with E-state index in [1.165, 1.54) is 25.5 Å². The molecule has 0 saturated heterocycles. The molecule has 2 atom stereocenters. The molecule has 0 bridgehead atoms. The lowest BCUT2D eigenvalue weighted by Gasteiger charge is -2.31. The molecule has 116 valence electrons. The Labute approximate surface area is 128 Å². The zero-order valence-electron chi connectivity index (χ0n) is 13.2. The van der Waals surface area contributed by atoms with Gasteiger partial charge in [0.1, 0.15) is 5.54 Å². The summed E-state index contributed by atoms with van der Waals surface area (Å²) < 4.78 is 5.10. The molecule has 1 aliphatic rings. The van der Waals surface area contributed by atoms with Crippen LogP contribution in [0.4, 0.5) is 0 Å². The van der Waals surface area contributed by atoms with Gasteiger partial charge >= 0.3 is 5.97 Å². The van der Waals surface area contributed by atoms with E-state index in [1.807, 2.05) is 18.2 Å². The minimum Gasteiger partial charge on any atom is -0.468 e. The molecule has 2 unspecified atom stereocenters. The molecule has 0 spiro atoms. The normalized spacial score (nSPS) is 26.1. The van der Waals surface area contributed by atoms with Crippen molar-refractivity contribution in [3.8, 4) is 0 Å². The van der Waals surface area contributed by atoms with Gasteiger partial charge in [-0.25, -0.2) is 0 Å². The zero-order valence-corrected chi connectivity index (χ0v) is 13.2. The second kappa shape index (κ2) is 7.60.